The van der Waals surface area contributed by atoms with Gasteiger partial charge in [0.15, 0.2) is 0 Å². The smallest absolute Gasteiger partial charge is 0.141 e. The molecule has 1 aromatic carbocycles. The van der Waals surface area contributed by atoms with Gasteiger partial charge in [-0.25, -0.2) is 0 Å². The van der Waals surface area contributed by atoms with Crippen LogP contribution in [0.15, 0.2) is 18.2 Å². The van der Waals surface area contributed by atoms with E-state index in [0.29, 0.717) is 23.7 Å². The minimum Gasteiger partial charge on any atom is -0.497 e. The summed E-state index contributed by atoms with van der Waals surface area (Å²) in [4.78, 5) is 0. The zero-order valence-corrected chi connectivity index (χ0v) is 9.10. The Morgan fingerprint density at radius 3 is 3.00 bits per heavy atom. The average Bonchev–Trinajstić information content (AvgIpc) is 2.82. The molecular weight excluding hydrogens is 206 g/mol. The second-order valence-electron chi connectivity index (χ2n) is 3.58. The van der Waals surface area contributed by atoms with E-state index in [1.165, 1.54) is 0 Å². The number of nitriles is 1. The van der Waals surface area contributed by atoms with Gasteiger partial charge in [-0.15, -0.1) is 0 Å². The van der Waals surface area contributed by atoms with Crippen LogP contribution in [0.4, 0.5) is 0 Å². The number of methoxy groups -OCH3 is 1. The molecule has 0 bridgehead atoms. The molecule has 1 saturated heterocycles. The van der Waals surface area contributed by atoms with E-state index in [1.54, 1.807) is 25.3 Å². The lowest BCUT2D eigenvalue weighted by Gasteiger charge is -2.13. The van der Waals surface area contributed by atoms with E-state index >= 15 is 0 Å². The first-order chi connectivity index (χ1) is 7.83. The van der Waals surface area contributed by atoms with Crippen LogP contribution in [-0.4, -0.2) is 26.4 Å². The zero-order chi connectivity index (χ0) is 11.4. The Labute approximate surface area is 94.3 Å². The molecule has 2 rings (SSSR count). The van der Waals surface area contributed by atoms with Crippen LogP contribution < -0.4 is 9.47 Å². The van der Waals surface area contributed by atoms with Gasteiger partial charge in [0.1, 0.15) is 23.7 Å². The maximum absolute atomic E-state index is 8.95. The van der Waals surface area contributed by atoms with Crippen LogP contribution in [0.2, 0.25) is 0 Å². The van der Waals surface area contributed by atoms with Crippen LogP contribution in [-0.2, 0) is 4.74 Å². The second kappa shape index (κ2) is 4.86. The van der Waals surface area contributed by atoms with E-state index in [1.807, 2.05) is 0 Å². The van der Waals surface area contributed by atoms with Crippen molar-refractivity contribution in [3.63, 3.8) is 0 Å². The molecule has 1 aliphatic heterocycles. The molecule has 0 spiro atoms. The van der Waals surface area contributed by atoms with Gasteiger partial charge < -0.3 is 14.2 Å². The first-order valence-corrected chi connectivity index (χ1v) is 5.16. The summed E-state index contributed by atoms with van der Waals surface area (Å²) in [5, 5.41) is 8.95. The second-order valence-corrected chi connectivity index (χ2v) is 3.58. The molecule has 4 heteroatoms. The van der Waals surface area contributed by atoms with Crippen molar-refractivity contribution in [2.24, 2.45) is 0 Å². The van der Waals surface area contributed by atoms with Gasteiger partial charge in [0.05, 0.1) is 25.9 Å². The van der Waals surface area contributed by atoms with Crippen molar-refractivity contribution < 1.29 is 14.2 Å². The Hall–Kier alpha value is -1.73. The molecular formula is C12H13NO3. The van der Waals surface area contributed by atoms with Crippen molar-refractivity contribution in [3.8, 4) is 17.6 Å². The molecule has 4 nitrogen and oxygen atoms in total. The molecule has 0 amide bonds. The third-order valence-corrected chi connectivity index (χ3v) is 2.49. The quantitative estimate of drug-likeness (QED) is 0.776. The SMILES string of the molecule is COc1ccc(C#N)c(OC2CCOC2)c1. The summed E-state index contributed by atoms with van der Waals surface area (Å²) in [6.07, 6.45) is 0.904. The van der Waals surface area contributed by atoms with Crippen LogP contribution in [0.1, 0.15) is 12.0 Å². The molecule has 1 aliphatic rings. The van der Waals surface area contributed by atoms with E-state index in [-0.39, 0.29) is 6.10 Å². The molecule has 0 aliphatic carbocycles. The highest BCUT2D eigenvalue weighted by Gasteiger charge is 2.18. The standard InChI is InChI=1S/C12H13NO3/c1-14-10-3-2-9(7-13)12(6-10)16-11-4-5-15-8-11/h2-3,6,11H,4-5,8H2,1H3. The molecule has 0 N–H and O–H groups in total. The summed E-state index contributed by atoms with van der Waals surface area (Å²) in [5.74, 6) is 1.25. The van der Waals surface area contributed by atoms with E-state index < -0.39 is 0 Å². The molecule has 0 aromatic heterocycles. The summed E-state index contributed by atoms with van der Waals surface area (Å²) >= 11 is 0. The lowest BCUT2D eigenvalue weighted by molar-refractivity contribution is 0.141. The van der Waals surface area contributed by atoms with Gasteiger partial charge in [0, 0.05) is 12.5 Å². The Balaban J connectivity index is 2.19. The van der Waals surface area contributed by atoms with Crippen LogP contribution in [0.5, 0.6) is 11.5 Å². The van der Waals surface area contributed by atoms with Gasteiger partial charge in [0.25, 0.3) is 0 Å². The summed E-state index contributed by atoms with van der Waals surface area (Å²) in [6.45, 7) is 1.30. The Morgan fingerprint density at radius 2 is 2.38 bits per heavy atom. The maximum atomic E-state index is 8.95. The maximum Gasteiger partial charge on any atom is 0.141 e. The fourth-order valence-corrected chi connectivity index (χ4v) is 1.60. The largest absolute Gasteiger partial charge is 0.497 e. The molecule has 84 valence electrons. The minimum absolute atomic E-state index is 0.0409. The number of ether oxygens (including phenoxy) is 3. The van der Waals surface area contributed by atoms with Gasteiger partial charge >= 0.3 is 0 Å². The van der Waals surface area contributed by atoms with E-state index in [9.17, 15) is 0 Å². The minimum atomic E-state index is 0.0409. The normalized spacial score (nSPS) is 19.1. The highest BCUT2D eigenvalue weighted by atomic mass is 16.5. The lowest BCUT2D eigenvalue weighted by Crippen LogP contribution is -2.16. The van der Waals surface area contributed by atoms with E-state index in [0.717, 1.165) is 13.0 Å². The zero-order valence-electron chi connectivity index (χ0n) is 9.10. The van der Waals surface area contributed by atoms with Crippen molar-refractivity contribution in [2.75, 3.05) is 20.3 Å². The number of benzene rings is 1. The predicted molar refractivity (Wildman–Crippen MR) is 57.6 cm³/mol. The first kappa shape index (κ1) is 10.8. The summed E-state index contributed by atoms with van der Waals surface area (Å²) in [5.41, 5.74) is 0.521. The van der Waals surface area contributed by atoms with E-state index in [2.05, 4.69) is 6.07 Å². The summed E-state index contributed by atoms with van der Waals surface area (Å²) in [7, 11) is 1.59. The van der Waals surface area contributed by atoms with Crippen molar-refractivity contribution in [1.82, 2.24) is 0 Å². The fourth-order valence-electron chi connectivity index (χ4n) is 1.60. The van der Waals surface area contributed by atoms with Crippen LogP contribution in [0.3, 0.4) is 0 Å². The van der Waals surface area contributed by atoms with Crippen LogP contribution >= 0.6 is 0 Å². The number of hydrogen-bond acceptors (Lipinski definition) is 4. The Morgan fingerprint density at radius 1 is 1.50 bits per heavy atom. The molecule has 1 atom stereocenters. The van der Waals surface area contributed by atoms with Gasteiger partial charge in [0.2, 0.25) is 0 Å². The molecule has 1 unspecified atom stereocenters. The lowest BCUT2D eigenvalue weighted by atomic mass is 10.2. The van der Waals surface area contributed by atoms with Gasteiger partial charge in [-0.1, -0.05) is 0 Å². The monoisotopic (exact) mass is 219 g/mol. The highest BCUT2D eigenvalue weighted by molar-refractivity contribution is 5.47. The highest BCUT2D eigenvalue weighted by Crippen LogP contribution is 2.26. The third-order valence-electron chi connectivity index (χ3n) is 2.49. The average molecular weight is 219 g/mol. The van der Waals surface area contributed by atoms with Crippen molar-refractivity contribution in [3.05, 3.63) is 23.8 Å². The van der Waals surface area contributed by atoms with Crippen molar-refractivity contribution >= 4 is 0 Å². The van der Waals surface area contributed by atoms with Gasteiger partial charge in [-0.05, 0) is 12.1 Å². The van der Waals surface area contributed by atoms with Crippen molar-refractivity contribution in [2.45, 2.75) is 12.5 Å². The third kappa shape index (κ3) is 2.26. The number of hydrogen-bond donors (Lipinski definition) is 0. The van der Waals surface area contributed by atoms with Gasteiger partial charge in [-0.3, -0.25) is 0 Å². The van der Waals surface area contributed by atoms with Crippen LogP contribution in [0.25, 0.3) is 0 Å². The van der Waals surface area contributed by atoms with Crippen LogP contribution in [0, 0.1) is 11.3 Å². The molecule has 1 aromatic rings. The van der Waals surface area contributed by atoms with Crippen molar-refractivity contribution in [1.29, 1.82) is 5.26 Å². The van der Waals surface area contributed by atoms with E-state index in [4.69, 9.17) is 19.5 Å². The fraction of sp³-hybridized carbons (Fsp3) is 0.417. The number of nitrogens with zero attached hydrogens (tertiary/aromatic N) is 1. The predicted octanol–water partition coefficient (Wildman–Crippen LogP) is 1.73. The molecule has 0 saturated carbocycles. The molecule has 0 radical (unpaired) electrons. The molecule has 1 fully saturated rings. The summed E-state index contributed by atoms with van der Waals surface area (Å²) in [6, 6.07) is 7.28. The number of rotatable bonds is 3. The summed E-state index contributed by atoms with van der Waals surface area (Å²) < 4.78 is 16.0. The molecule has 16 heavy (non-hydrogen) atoms. The molecule has 1 heterocycles. The topological polar surface area (TPSA) is 51.5 Å². The van der Waals surface area contributed by atoms with Gasteiger partial charge in [-0.2, -0.15) is 5.26 Å². The Kier molecular flexibility index (Phi) is 3.28. The Bertz CT molecular complexity index is 405. The first-order valence-electron chi connectivity index (χ1n) is 5.16.